The number of carboxylic acid groups (broad SMARTS) is 1. The zero-order chi connectivity index (χ0) is 16.3. The van der Waals surface area contributed by atoms with E-state index in [1.54, 1.807) is 25.8 Å². The first-order chi connectivity index (χ1) is 10.3. The molecule has 6 nitrogen and oxygen atoms in total. The first kappa shape index (κ1) is 16.1. The number of para-hydroxylation sites is 1. The number of nitrogens with zero attached hydrogens (tertiary/aromatic N) is 3. The monoisotopic (exact) mass is 305 g/mol. The summed E-state index contributed by atoms with van der Waals surface area (Å²) in [6.07, 6.45) is -0.199. The highest BCUT2D eigenvalue weighted by atomic mass is 16.4. The van der Waals surface area contributed by atoms with Gasteiger partial charge in [0, 0.05) is 18.6 Å². The third-order valence-electron chi connectivity index (χ3n) is 3.71. The second kappa shape index (κ2) is 6.25. The van der Waals surface area contributed by atoms with Gasteiger partial charge in [0.05, 0.1) is 5.69 Å². The molecule has 2 rings (SSSR count). The smallest absolute Gasteiger partial charge is 0.408 e. The Bertz CT molecular complexity index is 539. The first-order valence-corrected chi connectivity index (χ1v) is 7.44. The molecule has 6 heteroatoms. The number of amides is 2. The van der Waals surface area contributed by atoms with Crippen LogP contribution in [0.2, 0.25) is 0 Å². The van der Waals surface area contributed by atoms with Crippen LogP contribution in [0.5, 0.6) is 0 Å². The molecule has 0 atom stereocenters. The van der Waals surface area contributed by atoms with Crippen LogP contribution in [-0.2, 0) is 4.79 Å². The summed E-state index contributed by atoms with van der Waals surface area (Å²) < 4.78 is 0. The fraction of sp³-hybridized carbons (Fsp3) is 0.500. The lowest BCUT2D eigenvalue weighted by atomic mass is 10.1. The molecule has 1 heterocycles. The fourth-order valence-electron chi connectivity index (χ4n) is 2.55. The number of carbonyl (C=O) groups is 2. The van der Waals surface area contributed by atoms with Crippen molar-refractivity contribution in [1.29, 1.82) is 0 Å². The van der Waals surface area contributed by atoms with E-state index in [2.05, 4.69) is 0 Å². The highest BCUT2D eigenvalue weighted by Gasteiger charge is 2.33. The molecule has 1 aromatic rings. The Morgan fingerprint density at radius 1 is 1.18 bits per heavy atom. The van der Waals surface area contributed by atoms with E-state index in [0.717, 1.165) is 18.7 Å². The van der Waals surface area contributed by atoms with Crippen LogP contribution in [0.4, 0.5) is 10.5 Å². The largest absolute Gasteiger partial charge is 0.465 e. The number of benzene rings is 1. The molecular formula is C16H23N3O3. The van der Waals surface area contributed by atoms with Crippen molar-refractivity contribution >= 4 is 17.7 Å². The van der Waals surface area contributed by atoms with Crippen LogP contribution in [0.1, 0.15) is 27.2 Å². The van der Waals surface area contributed by atoms with Crippen LogP contribution in [-0.4, -0.2) is 52.2 Å². The number of anilines is 1. The lowest BCUT2D eigenvalue weighted by Crippen LogP contribution is -2.52. The maximum Gasteiger partial charge on any atom is 0.408 e. The Hall–Kier alpha value is -2.24. The summed E-state index contributed by atoms with van der Waals surface area (Å²) in [5.74, 6) is -0.196. The third-order valence-corrected chi connectivity index (χ3v) is 3.71. The van der Waals surface area contributed by atoms with Crippen LogP contribution in [0.25, 0.3) is 0 Å². The van der Waals surface area contributed by atoms with E-state index in [9.17, 15) is 14.7 Å². The topological polar surface area (TPSA) is 64.1 Å². The molecule has 0 unspecified atom stereocenters. The molecule has 0 radical (unpaired) electrons. The summed E-state index contributed by atoms with van der Waals surface area (Å²) in [5.41, 5.74) is 0.338. The van der Waals surface area contributed by atoms with Crippen molar-refractivity contribution in [2.45, 2.75) is 32.7 Å². The SMILES string of the molecule is CC(C)(C)N(CC(=O)N1CCCN1c1ccccc1)C(=O)O. The van der Waals surface area contributed by atoms with Gasteiger partial charge >= 0.3 is 6.09 Å². The van der Waals surface area contributed by atoms with Gasteiger partial charge in [-0.05, 0) is 39.3 Å². The van der Waals surface area contributed by atoms with Crippen LogP contribution < -0.4 is 5.01 Å². The summed E-state index contributed by atoms with van der Waals surface area (Å²) >= 11 is 0. The normalized spacial score (nSPS) is 15.0. The van der Waals surface area contributed by atoms with Gasteiger partial charge in [-0.25, -0.2) is 4.79 Å². The van der Waals surface area contributed by atoms with Gasteiger partial charge in [0.15, 0.2) is 0 Å². The maximum absolute atomic E-state index is 12.6. The molecule has 1 saturated heterocycles. The average molecular weight is 305 g/mol. The molecule has 1 aromatic carbocycles. The molecule has 1 aliphatic rings. The Morgan fingerprint density at radius 2 is 1.82 bits per heavy atom. The van der Waals surface area contributed by atoms with Gasteiger partial charge in [-0.2, -0.15) is 0 Å². The molecule has 0 bridgehead atoms. The number of rotatable bonds is 3. The molecule has 1 N–H and O–H groups in total. The highest BCUT2D eigenvalue weighted by molar-refractivity contribution is 5.84. The van der Waals surface area contributed by atoms with E-state index in [1.807, 2.05) is 35.3 Å². The summed E-state index contributed by atoms with van der Waals surface area (Å²) in [6, 6.07) is 9.68. The number of carbonyl (C=O) groups excluding carboxylic acids is 1. The standard InChI is InChI=1S/C16H23N3O3/c1-16(2,3)17(15(21)22)12-14(20)19-11-7-10-18(19)13-8-5-4-6-9-13/h4-6,8-9H,7,10-12H2,1-3H3,(H,21,22). The lowest BCUT2D eigenvalue weighted by molar-refractivity contribution is -0.132. The van der Waals surface area contributed by atoms with Crippen molar-refractivity contribution in [3.8, 4) is 0 Å². The Balaban J connectivity index is 2.13. The molecule has 0 aromatic heterocycles. The van der Waals surface area contributed by atoms with E-state index in [1.165, 1.54) is 4.90 Å². The van der Waals surface area contributed by atoms with Crippen LogP contribution in [0.15, 0.2) is 30.3 Å². The molecule has 0 saturated carbocycles. The van der Waals surface area contributed by atoms with Crippen molar-refractivity contribution in [3.63, 3.8) is 0 Å². The first-order valence-electron chi connectivity index (χ1n) is 7.44. The number of hydrogen-bond donors (Lipinski definition) is 1. The summed E-state index contributed by atoms with van der Waals surface area (Å²) in [6.45, 7) is 6.60. The molecule has 0 aliphatic carbocycles. The van der Waals surface area contributed by atoms with Gasteiger partial charge in [-0.1, -0.05) is 18.2 Å². The number of hydrogen-bond acceptors (Lipinski definition) is 3. The molecule has 1 aliphatic heterocycles. The van der Waals surface area contributed by atoms with E-state index < -0.39 is 11.6 Å². The third kappa shape index (κ3) is 3.50. The van der Waals surface area contributed by atoms with E-state index in [0.29, 0.717) is 6.54 Å². The summed E-state index contributed by atoms with van der Waals surface area (Å²) in [4.78, 5) is 25.1. The quantitative estimate of drug-likeness (QED) is 0.931. The predicted octanol–water partition coefficient (Wildman–Crippen LogP) is 2.42. The van der Waals surface area contributed by atoms with Gasteiger partial charge in [0.25, 0.3) is 5.91 Å². The van der Waals surface area contributed by atoms with Crippen LogP contribution in [0, 0.1) is 0 Å². The van der Waals surface area contributed by atoms with Crippen molar-refractivity contribution < 1.29 is 14.7 Å². The molecular weight excluding hydrogens is 282 g/mol. The second-order valence-corrected chi connectivity index (χ2v) is 6.37. The molecule has 2 amide bonds. The van der Waals surface area contributed by atoms with Gasteiger partial charge < -0.3 is 5.11 Å². The Morgan fingerprint density at radius 3 is 2.36 bits per heavy atom. The van der Waals surface area contributed by atoms with Crippen LogP contribution in [0.3, 0.4) is 0 Å². The van der Waals surface area contributed by atoms with Crippen LogP contribution >= 0.6 is 0 Å². The lowest BCUT2D eigenvalue weighted by Gasteiger charge is -2.36. The fourth-order valence-corrected chi connectivity index (χ4v) is 2.55. The second-order valence-electron chi connectivity index (χ2n) is 6.37. The van der Waals surface area contributed by atoms with Gasteiger partial charge in [-0.3, -0.25) is 19.7 Å². The van der Waals surface area contributed by atoms with Gasteiger partial charge in [0.1, 0.15) is 6.54 Å². The minimum Gasteiger partial charge on any atom is -0.465 e. The molecule has 22 heavy (non-hydrogen) atoms. The van der Waals surface area contributed by atoms with E-state index in [4.69, 9.17) is 0 Å². The predicted molar refractivity (Wildman–Crippen MR) is 84.6 cm³/mol. The van der Waals surface area contributed by atoms with Crippen molar-refractivity contribution in [1.82, 2.24) is 9.91 Å². The summed E-state index contributed by atoms with van der Waals surface area (Å²) in [7, 11) is 0. The van der Waals surface area contributed by atoms with E-state index in [-0.39, 0.29) is 12.5 Å². The van der Waals surface area contributed by atoms with Crippen molar-refractivity contribution in [3.05, 3.63) is 30.3 Å². The average Bonchev–Trinajstić information content (AvgIpc) is 2.93. The zero-order valence-corrected chi connectivity index (χ0v) is 13.3. The van der Waals surface area contributed by atoms with Crippen molar-refractivity contribution in [2.75, 3.05) is 24.6 Å². The summed E-state index contributed by atoms with van der Waals surface area (Å²) in [5, 5.41) is 12.9. The van der Waals surface area contributed by atoms with Gasteiger partial charge in [0.2, 0.25) is 0 Å². The zero-order valence-electron chi connectivity index (χ0n) is 13.3. The Kier molecular flexibility index (Phi) is 4.59. The maximum atomic E-state index is 12.6. The van der Waals surface area contributed by atoms with E-state index >= 15 is 0 Å². The highest BCUT2D eigenvalue weighted by Crippen LogP contribution is 2.22. The molecule has 120 valence electrons. The Labute approximate surface area is 130 Å². The molecule has 1 fully saturated rings. The minimum atomic E-state index is -1.08. The van der Waals surface area contributed by atoms with Gasteiger partial charge in [-0.15, -0.1) is 0 Å². The molecule has 0 spiro atoms. The number of hydrazine groups is 1. The van der Waals surface area contributed by atoms with Crippen molar-refractivity contribution in [2.24, 2.45) is 0 Å². The minimum absolute atomic E-state index is 0.137.